The molecule has 0 fully saturated rings. The van der Waals surface area contributed by atoms with Crippen LogP contribution in [0.15, 0.2) is 0 Å². The molecule has 6 nitrogen and oxygen atoms in total. The Balaban J connectivity index is 2.41. The van der Waals surface area contributed by atoms with Crippen molar-refractivity contribution >= 4 is 22.4 Å². The second-order valence-electron chi connectivity index (χ2n) is 2.90. The molecular formula is C8H14N4O2S. The molecule has 1 aromatic rings. The molecule has 84 valence electrons. The smallest absolute Gasteiger partial charge is 0.246 e. The van der Waals surface area contributed by atoms with E-state index in [1.54, 1.807) is 0 Å². The first-order valence-electron chi connectivity index (χ1n) is 4.59. The molecule has 1 atom stereocenters. The fourth-order valence-corrected chi connectivity index (χ4v) is 1.57. The van der Waals surface area contributed by atoms with Crippen LogP contribution in [0.4, 0.5) is 5.13 Å². The lowest BCUT2D eigenvalue weighted by atomic mass is 10.3. The van der Waals surface area contributed by atoms with Crippen molar-refractivity contribution in [2.75, 3.05) is 18.9 Å². The molecule has 1 aromatic heterocycles. The van der Waals surface area contributed by atoms with Crippen LogP contribution in [0.3, 0.4) is 0 Å². The number of nitrogens with one attached hydrogen (secondary N) is 1. The summed E-state index contributed by atoms with van der Waals surface area (Å²) in [5.74, 6) is -0.168. The molecule has 0 saturated heterocycles. The van der Waals surface area contributed by atoms with Gasteiger partial charge < -0.3 is 15.8 Å². The number of hydrogen-bond donors (Lipinski definition) is 2. The number of aromatic nitrogens is 2. The molecule has 0 radical (unpaired) electrons. The van der Waals surface area contributed by atoms with Crippen molar-refractivity contribution in [3.8, 4) is 0 Å². The average molecular weight is 230 g/mol. The Morgan fingerprint density at radius 1 is 1.67 bits per heavy atom. The molecule has 0 aliphatic rings. The molecule has 0 aliphatic carbocycles. The summed E-state index contributed by atoms with van der Waals surface area (Å²) in [4.78, 5) is 11.3. The summed E-state index contributed by atoms with van der Waals surface area (Å²) in [7, 11) is 0. The molecule has 0 aliphatic heterocycles. The monoisotopic (exact) mass is 230 g/mol. The van der Waals surface area contributed by atoms with Gasteiger partial charge in [0.2, 0.25) is 11.0 Å². The zero-order chi connectivity index (χ0) is 11.3. The summed E-state index contributed by atoms with van der Waals surface area (Å²) in [6.45, 7) is 4.24. The van der Waals surface area contributed by atoms with Gasteiger partial charge in [0.15, 0.2) is 0 Å². The molecular weight excluding hydrogens is 216 g/mol. The maximum Gasteiger partial charge on any atom is 0.246 e. The second-order valence-corrected chi connectivity index (χ2v) is 3.95. The van der Waals surface area contributed by atoms with E-state index in [-0.39, 0.29) is 18.6 Å². The molecule has 0 aromatic carbocycles. The predicted molar refractivity (Wildman–Crippen MR) is 57.4 cm³/mol. The first kappa shape index (κ1) is 11.9. The van der Waals surface area contributed by atoms with Crippen LogP contribution in [-0.4, -0.2) is 29.3 Å². The van der Waals surface area contributed by atoms with Gasteiger partial charge in [0.1, 0.15) is 11.6 Å². The minimum atomic E-state index is -0.187. The second kappa shape index (κ2) is 5.62. The molecule has 0 spiro atoms. The highest BCUT2D eigenvalue weighted by atomic mass is 32.1. The first-order valence-corrected chi connectivity index (χ1v) is 5.41. The Morgan fingerprint density at radius 2 is 2.40 bits per heavy atom. The molecule has 3 N–H and O–H groups in total. The van der Waals surface area contributed by atoms with Crippen molar-refractivity contribution in [2.24, 2.45) is 0 Å². The Kier molecular flexibility index (Phi) is 4.44. The van der Waals surface area contributed by atoms with Gasteiger partial charge in [-0.2, -0.15) is 0 Å². The van der Waals surface area contributed by atoms with Crippen molar-refractivity contribution in [3.05, 3.63) is 5.01 Å². The van der Waals surface area contributed by atoms with Gasteiger partial charge in [-0.25, -0.2) is 0 Å². The van der Waals surface area contributed by atoms with Gasteiger partial charge in [0.25, 0.3) is 0 Å². The van der Waals surface area contributed by atoms with E-state index < -0.39 is 0 Å². The number of carbonyl (C=O) groups is 1. The normalized spacial score (nSPS) is 12.4. The lowest BCUT2D eigenvalue weighted by Gasteiger charge is -2.09. The summed E-state index contributed by atoms with van der Waals surface area (Å²) in [5.41, 5.74) is 5.43. The van der Waals surface area contributed by atoms with E-state index in [0.29, 0.717) is 16.7 Å². The molecule has 1 amide bonds. The van der Waals surface area contributed by atoms with E-state index in [0.717, 1.165) is 0 Å². The largest absolute Gasteiger partial charge is 0.374 e. The fourth-order valence-electron chi connectivity index (χ4n) is 0.961. The summed E-state index contributed by atoms with van der Waals surface area (Å²) >= 11 is 1.26. The molecule has 0 saturated carbocycles. The standard InChI is InChI=1S/C8H14N4O2S/c1-3-14-4-6(13)10-5(2)7-11-12-8(9)15-7/h5H,3-4H2,1-2H3,(H2,9,12)(H,10,13)/t5-/m1/s1. The van der Waals surface area contributed by atoms with Crippen LogP contribution < -0.4 is 11.1 Å². The quantitative estimate of drug-likeness (QED) is 0.761. The number of rotatable bonds is 5. The van der Waals surface area contributed by atoms with Crippen LogP contribution in [0.25, 0.3) is 0 Å². The summed E-state index contributed by atoms with van der Waals surface area (Å²) in [6, 6.07) is -0.187. The van der Waals surface area contributed by atoms with E-state index >= 15 is 0 Å². The highest BCUT2D eigenvalue weighted by Crippen LogP contribution is 2.18. The van der Waals surface area contributed by atoms with Crippen LogP contribution in [-0.2, 0) is 9.53 Å². The van der Waals surface area contributed by atoms with Gasteiger partial charge in [0.05, 0.1) is 6.04 Å². The number of nitrogen functional groups attached to an aromatic ring is 1. The maximum absolute atomic E-state index is 11.3. The number of carbonyl (C=O) groups excluding carboxylic acids is 1. The van der Waals surface area contributed by atoms with E-state index in [2.05, 4.69) is 15.5 Å². The molecule has 1 heterocycles. The topological polar surface area (TPSA) is 90.1 Å². The minimum Gasteiger partial charge on any atom is -0.374 e. The van der Waals surface area contributed by atoms with Gasteiger partial charge in [0, 0.05) is 6.61 Å². The van der Waals surface area contributed by atoms with Crippen LogP contribution in [0.1, 0.15) is 24.9 Å². The van der Waals surface area contributed by atoms with Crippen LogP contribution in [0, 0.1) is 0 Å². The molecule has 0 unspecified atom stereocenters. The lowest BCUT2D eigenvalue weighted by molar-refractivity contribution is -0.126. The Bertz CT molecular complexity index is 328. The van der Waals surface area contributed by atoms with Crippen molar-refractivity contribution < 1.29 is 9.53 Å². The fraction of sp³-hybridized carbons (Fsp3) is 0.625. The number of anilines is 1. The zero-order valence-corrected chi connectivity index (χ0v) is 9.50. The average Bonchev–Trinajstić information content (AvgIpc) is 2.61. The van der Waals surface area contributed by atoms with E-state index in [1.165, 1.54) is 11.3 Å². The van der Waals surface area contributed by atoms with Crippen LogP contribution in [0.5, 0.6) is 0 Å². The first-order chi connectivity index (χ1) is 7.13. The maximum atomic E-state index is 11.3. The number of amides is 1. The van der Waals surface area contributed by atoms with Gasteiger partial charge in [-0.1, -0.05) is 11.3 Å². The number of hydrogen-bond acceptors (Lipinski definition) is 6. The Morgan fingerprint density at radius 3 is 2.93 bits per heavy atom. The summed E-state index contributed by atoms with van der Waals surface area (Å²) in [5, 5.41) is 11.3. The molecule has 15 heavy (non-hydrogen) atoms. The van der Waals surface area contributed by atoms with Crippen molar-refractivity contribution in [2.45, 2.75) is 19.9 Å². The van der Waals surface area contributed by atoms with Crippen LogP contribution in [0.2, 0.25) is 0 Å². The van der Waals surface area contributed by atoms with Crippen molar-refractivity contribution in [3.63, 3.8) is 0 Å². The van der Waals surface area contributed by atoms with Crippen molar-refractivity contribution in [1.82, 2.24) is 15.5 Å². The van der Waals surface area contributed by atoms with Gasteiger partial charge in [-0.3, -0.25) is 4.79 Å². The Hall–Kier alpha value is -1.21. The SMILES string of the molecule is CCOCC(=O)N[C@H](C)c1nnc(N)s1. The highest BCUT2D eigenvalue weighted by Gasteiger charge is 2.13. The Labute approximate surface area is 91.8 Å². The van der Waals surface area contributed by atoms with Gasteiger partial charge in [-0.05, 0) is 13.8 Å². The lowest BCUT2D eigenvalue weighted by Crippen LogP contribution is -2.30. The van der Waals surface area contributed by atoms with E-state index in [1.807, 2.05) is 13.8 Å². The van der Waals surface area contributed by atoms with E-state index in [4.69, 9.17) is 10.5 Å². The van der Waals surface area contributed by atoms with Crippen molar-refractivity contribution in [1.29, 1.82) is 0 Å². The summed E-state index contributed by atoms with van der Waals surface area (Å²) in [6.07, 6.45) is 0. The number of nitrogens with zero attached hydrogens (tertiary/aromatic N) is 2. The summed E-state index contributed by atoms with van der Waals surface area (Å²) < 4.78 is 4.97. The molecule has 7 heteroatoms. The highest BCUT2D eigenvalue weighted by molar-refractivity contribution is 7.15. The van der Waals surface area contributed by atoms with Gasteiger partial charge in [-0.15, -0.1) is 10.2 Å². The minimum absolute atomic E-state index is 0.0646. The third kappa shape index (κ3) is 3.80. The third-order valence-electron chi connectivity index (χ3n) is 1.64. The van der Waals surface area contributed by atoms with Gasteiger partial charge >= 0.3 is 0 Å². The number of nitrogens with two attached hydrogens (primary N) is 1. The number of ether oxygens (including phenoxy) is 1. The molecule has 1 rings (SSSR count). The molecule has 0 bridgehead atoms. The van der Waals surface area contributed by atoms with Crippen LogP contribution >= 0.6 is 11.3 Å². The third-order valence-corrected chi connectivity index (χ3v) is 2.58. The predicted octanol–water partition coefficient (Wildman–Crippen LogP) is 0.334. The van der Waals surface area contributed by atoms with E-state index in [9.17, 15) is 4.79 Å². The zero-order valence-electron chi connectivity index (χ0n) is 8.69.